The van der Waals surface area contributed by atoms with Gasteiger partial charge in [-0.2, -0.15) is 0 Å². The fraction of sp³-hybridized carbons (Fsp3) is 0.500. The van der Waals surface area contributed by atoms with Gasteiger partial charge in [0.1, 0.15) is 0 Å². The highest BCUT2D eigenvalue weighted by Gasteiger charge is 2.27. The molecule has 1 rings (SSSR count). The minimum absolute atomic E-state index is 0.0105. The van der Waals surface area contributed by atoms with Crippen molar-refractivity contribution in [3.8, 4) is 0 Å². The van der Waals surface area contributed by atoms with Gasteiger partial charge in [0.2, 0.25) is 0 Å². The third-order valence-corrected chi connectivity index (χ3v) is 2.37. The topological polar surface area (TPSA) is 17.1 Å². The van der Waals surface area contributed by atoms with Crippen molar-refractivity contribution in [3.63, 3.8) is 0 Å². The molecule has 0 saturated carbocycles. The monoisotopic (exact) mass is 150 g/mol. The van der Waals surface area contributed by atoms with Gasteiger partial charge in [-0.25, -0.2) is 0 Å². The molecule has 0 aromatic rings. The van der Waals surface area contributed by atoms with Crippen molar-refractivity contribution < 1.29 is 4.79 Å². The van der Waals surface area contributed by atoms with Crippen molar-refractivity contribution in [2.24, 2.45) is 5.41 Å². The van der Waals surface area contributed by atoms with Gasteiger partial charge in [0.05, 0.1) is 0 Å². The van der Waals surface area contributed by atoms with Crippen molar-refractivity contribution in [2.75, 3.05) is 0 Å². The molecule has 0 bridgehead atoms. The second-order valence-corrected chi connectivity index (χ2v) is 3.55. The first-order valence-corrected chi connectivity index (χ1v) is 3.91. The summed E-state index contributed by atoms with van der Waals surface area (Å²) in [5.41, 5.74) is 0.917. The Balaban J connectivity index is 2.85. The molecule has 0 N–H and O–H groups in total. The number of allylic oxidation sites excluding steroid dienone is 3. The summed E-state index contributed by atoms with van der Waals surface area (Å²) in [4.78, 5) is 11.3. The summed E-state index contributed by atoms with van der Waals surface area (Å²) in [6, 6.07) is 0. The predicted octanol–water partition coefficient (Wildman–Crippen LogP) is 2.49. The highest BCUT2D eigenvalue weighted by molar-refractivity contribution is 5.96. The molecular weight excluding hydrogens is 136 g/mol. The summed E-state index contributed by atoms with van der Waals surface area (Å²) in [6.07, 6.45) is 5.47. The van der Waals surface area contributed by atoms with Gasteiger partial charge in [-0.1, -0.05) is 19.1 Å². The molecule has 1 heteroatoms. The molecule has 0 fully saturated rings. The lowest BCUT2D eigenvalue weighted by Gasteiger charge is -2.27. The summed E-state index contributed by atoms with van der Waals surface area (Å²) in [5.74, 6) is 0.263. The molecule has 1 aliphatic carbocycles. The Morgan fingerprint density at radius 2 is 2.36 bits per heavy atom. The summed E-state index contributed by atoms with van der Waals surface area (Å²) >= 11 is 0. The largest absolute Gasteiger partial charge is 0.295 e. The first-order valence-electron chi connectivity index (χ1n) is 3.91. The average molecular weight is 150 g/mol. The third kappa shape index (κ3) is 1.59. The van der Waals surface area contributed by atoms with Crippen LogP contribution in [0.3, 0.4) is 0 Å². The molecule has 1 aliphatic rings. The molecule has 0 aromatic heterocycles. The predicted molar refractivity (Wildman–Crippen MR) is 46.3 cm³/mol. The van der Waals surface area contributed by atoms with E-state index in [0.717, 1.165) is 12.0 Å². The van der Waals surface area contributed by atoms with E-state index in [4.69, 9.17) is 0 Å². The van der Waals surface area contributed by atoms with Crippen molar-refractivity contribution >= 4 is 5.78 Å². The van der Waals surface area contributed by atoms with Gasteiger partial charge in [-0.15, -0.1) is 6.58 Å². The van der Waals surface area contributed by atoms with E-state index < -0.39 is 0 Å². The van der Waals surface area contributed by atoms with Crippen LogP contribution < -0.4 is 0 Å². The maximum absolute atomic E-state index is 11.3. The minimum Gasteiger partial charge on any atom is -0.295 e. The fourth-order valence-corrected chi connectivity index (χ4v) is 1.23. The van der Waals surface area contributed by atoms with Crippen LogP contribution >= 0.6 is 0 Å². The van der Waals surface area contributed by atoms with Gasteiger partial charge in [0.25, 0.3) is 0 Å². The van der Waals surface area contributed by atoms with Crippen LogP contribution in [-0.4, -0.2) is 5.78 Å². The maximum atomic E-state index is 11.3. The van der Waals surface area contributed by atoms with Gasteiger partial charge in [0, 0.05) is 6.42 Å². The van der Waals surface area contributed by atoms with Gasteiger partial charge < -0.3 is 0 Å². The standard InChI is InChI=1S/C10H14O/c1-4-10(3)6-5-8(2)9(11)7-10/h4-5H,1,6-7H2,2-3H3. The number of hydrogen-bond donors (Lipinski definition) is 0. The van der Waals surface area contributed by atoms with Gasteiger partial charge in [-0.05, 0) is 24.3 Å². The number of ketones is 1. The van der Waals surface area contributed by atoms with Crippen molar-refractivity contribution in [3.05, 3.63) is 24.3 Å². The Labute approximate surface area is 67.8 Å². The van der Waals surface area contributed by atoms with E-state index in [1.807, 2.05) is 19.1 Å². The SMILES string of the molecule is C=CC1(C)CC=C(C)C(=O)C1. The Hall–Kier alpha value is -0.850. The summed E-state index contributed by atoms with van der Waals surface area (Å²) in [7, 11) is 0. The molecule has 1 atom stereocenters. The Kier molecular flexibility index (Phi) is 1.99. The van der Waals surface area contributed by atoms with E-state index in [-0.39, 0.29) is 11.2 Å². The first kappa shape index (κ1) is 8.25. The van der Waals surface area contributed by atoms with Crippen molar-refractivity contribution in [2.45, 2.75) is 26.7 Å². The third-order valence-electron chi connectivity index (χ3n) is 2.37. The lowest BCUT2D eigenvalue weighted by Crippen LogP contribution is -2.22. The lowest BCUT2D eigenvalue weighted by molar-refractivity contribution is -0.117. The van der Waals surface area contributed by atoms with Crippen LogP contribution in [-0.2, 0) is 4.79 Å². The summed E-state index contributed by atoms with van der Waals surface area (Å²) in [5, 5.41) is 0. The normalized spacial score (nSPS) is 31.5. The average Bonchev–Trinajstić information content (AvgIpc) is 1.98. The number of Topliss-reactive ketones (excluding diaryl/α,β-unsaturated/α-hetero) is 1. The van der Waals surface area contributed by atoms with Gasteiger partial charge >= 0.3 is 0 Å². The lowest BCUT2D eigenvalue weighted by atomic mass is 9.76. The molecule has 0 radical (unpaired) electrons. The van der Waals surface area contributed by atoms with Crippen molar-refractivity contribution in [1.29, 1.82) is 0 Å². The second-order valence-electron chi connectivity index (χ2n) is 3.55. The summed E-state index contributed by atoms with van der Waals surface area (Å²) in [6.45, 7) is 7.68. The molecule has 0 heterocycles. The fourth-order valence-electron chi connectivity index (χ4n) is 1.23. The molecule has 0 aromatic carbocycles. The van der Waals surface area contributed by atoms with Gasteiger partial charge in [0.15, 0.2) is 5.78 Å². The zero-order valence-corrected chi connectivity index (χ0v) is 7.18. The van der Waals surface area contributed by atoms with Crippen LogP contribution in [0.4, 0.5) is 0 Å². The van der Waals surface area contributed by atoms with Crippen LogP contribution in [0.1, 0.15) is 26.7 Å². The molecular formula is C10H14O. The molecule has 0 spiro atoms. The van der Waals surface area contributed by atoms with E-state index in [9.17, 15) is 4.79 Å². The Bertz CT molecular complexity index is 225. The van der Waals surface area contributed by atoms with Crippen LogP contribution in [0.5, 0.6) is 0 Å². The van der Waals surface area contributed by atoms with Crippen LogP contribution in [0.15, 0.2) is 24.3 Å². The Morgan fingerprint density at radius 1 is 1.73 bits per heavy atom. The molecule has 60 valence electrons. The molecule has 0 aliphatic heterocycles. The van der Waals surface area contributed by atoms with Gasteiger partial charge in [-0.3, -0.25) is 4.79 Å². The highest BCUT2D eigenvalue weighted by Crippen LogP contribution is 2.33. The molecule has 0 amide bonds. The summed E-state index contributed by atoms with van der Waals surface area (Å²) < 4.78 is 0. The minimum atomic E-state index is 0.0105. The van der Waals surface area contributed by atoms with Crippen molar-refractivity contribution in [1.82, 2.24) is 0 Å². The van der Waals surface area contributed by atoms with E-state index in [2.05, 4.69) is 13.5 Å². The quantitative estimate of drug-likeness (QED) is 0.525. The molecule has 11 heavy (non-hydrogen) atoms. The maximum Gasteiger partial charge on any atom is 0.159 e. The zero-order valence-electron chi connectivity index (χ0n) is 7.18. The van der Waals surface area contributed by atoms with E-state index in [0.29, 0.717) is 6.42 Å². The number of carbonyl (C=O) groups is 1. The zero-order chi connectivity index (χ0) is 8.48. The second kappa shape index (κ2) is 2.65. The van der Waals surface area contributed by atoms with Crippen LogP contribution in [0.2, 0.25) is 0 Å². The number of rotatable bonds is 1. The Morgan fingerprint density at radius 3 is 2.82 bits per heavy atom. The first-order chi connectivity index (χ1) is 5.07. The van der Waals surface area contributed by atoms with Crippen LogP contribution in [0.25, 0.3) is 0 Å². The van der Waals surface area contributed by atoms with E-state index >= 15 is 0 Å². The van der Waals surface area contributed by atoms with Crippen LogP contribution in [0, 0.1) is 5.41 Å². The van der Waals surface area contributed by atoms with E-state index in [1.54, 1.807) is 0 Å². The molecule has 0 saturated heterocycles. The van der Waals surface area contributed by atoms with E-state index in [1.165, 1.54) is 0 Å². The number of carbonyl (C=O) groups excluding carboxylic acids is 1. The molecule has 1 nitrogen and oxygen atoms in total. The highest BCUT2D eigenvalue weighted by atomic mass is 16.1. The number of hydrogen-bond acceptors (Lipinski definition) is 1. The molecule has 1 unspecified atom stereocenters. The smallest absolute Gasteiger partial charge is 0.159 e.